The first-order valence-electron chi connectivity index (χ1n) is 7.90. The smallest absolute Gasteiger partial charge is 0.254 e. The minimum absolute atomic E-state index is 0.0899. The van der Waals surface area contributed by atoms with Crippen molar-refractivity contribution in [2.75, 3.05) is 31.9 Å². The molecule has 2 rings (SSSR count). The predicted molar refractivity (Wildman–Crippen MR) is 94.7 cm³/mol. The molecule has 1 amide bonds. The van der Waals surface area contributed by atoms with Crippen LogP contribution in [-0.2, 0) is 0 Å². The summed E-state index contributed by atoms with van der Waals surface area (Å²) in [4.78, 5) is 17.1. The van der Waals surface area contributed by atoms with E-state index in [2.05, 4.69) is 24.5 Å². The second-order valence-corrected chi connectivity index (χ2v) is 6.65. The van der Waals surface area contributed by atoms with Crippen LogP contribution in [0.3, 0.4) is 0 Å². The third-order valence-corrected chi connectivity index (χ3v) is 5.06. The molecule has 2 N–H and O–H groups in total. The normalized spacial score (nSPS) is 21.0. The molecule has 0 radical (unpaired) electrons. The summed E-state index contributed by atoms with van der Waals surface area (Å²) in [6.45, 7) is 9.46. The molecule has 1 aromatic carbocycles. The van der Waals surface area contributed by atoms with E-state index in [9.17, 15) is 4.79 Å². The SMILES string of the molecule is Cc1cccc(C(=O)N2CCN(C[C@@H](N)CS)[C@@H](C)C2)c1C. The topological polar surface area (TPSA) is 49.6 Å². The minimum Gasteiger partial charge on any atom is -0.336 e. The van der Waals surface area contributed by atoms with Gasteiger partial charge in [0.15, 0.2) is 0 Å². The molecule has 5 heteroatoms. The number of carbonyl (C=O) groups is 1. The Morgan fingerprint density at radius 1 is 1.41 bits per heavy atom. The van der Waals surface area contributed by atoms with Crippen LogP contribution in [-0.4, -0.2) is 59.7 Å². The third kappa shape index (κ3) is 3.83. The minimum atomic E-state index is 0.0899. The Morgan fingerprint density at radius 3 is 2.77 bits per heavy atom. The lowest BCUT2D eigenvalue weighted by Gasteiger charge is -2.41. The number of amides is 1. The molecule has 4 nitrogen and oxygen atoms in total. The van der Waals surface area contributed by atoms with E-state index in [1.54, 1.807) is 0 Å². The Labute approximate surface area is 139 Å². The fourth-order valence-corrected chi connectivity index (χ4v) is 3.08. The van der Waals surface area contributed by atoms with Gasteiger partial charge in [-0.3, -0.25) is 9.69 Å². The van der Waals surface area contributed by atoms with Crippen molar-refractivity contribution in [3.8, 4) is 0 Å². The molecule has 1 saturated heterocycles. The maximum atomic E-state index is 12.8. The van der Waals surface area contributed by atoms with E-state index in [0.717, 1.165) is 42.9 Å². The lowest BCUT2D eigenvalue weighted by atomic mass is 10.0. The Balaban J connectivity index is 2.03. The lowest BCUT2D eigenvalue weighted by Crippen LogP contribution is -2.56. The van der Waals surface area contributed by atoms with Gasteiger partial charge in [-0.2, -0.15) is 12.6 Å². The van der Waals surface area contributed by atoms with E-state index in [1.165, 1.54) is 0 Å². The molecule has 0 spiro atoms. The fraction of sp³-hybridized carbons (Fsp3) is 0.588. The van der Waals surface area contributed by atoms with Crippen molar-refractivity contribution in [3.63, 3.8) is 0 Å². The highest BCUT2D eigenvalue weighted by atomic mass is 32.1. The molecule has 1 heterocycles. The first kappa shape index (κ1) is 17.3. The van der Waals surface area contributed by atoms with Gasteiger partial charge in [-0.05, 0) is 38.0 Å². The van der Waals surface area contributed by atoms with Gasteiger partial charge in [-0.15, -0.1) is 0 Å². The summed E-state index contributed by atoms with van der Waals surface area (Å²) in [6.07, 6.45) is 0. The molecule has 0 aliphatic carbocycles. The zero-order valence-electron chi connectivity index (χ0n) is 13.7. The van der Waals surface area contributed by atoms with Crippen molar-refractivity contribution in [2.24, 2.45) is 5.73 Å². The van der Waals surface area contributed by atoms with Crippen LogP contribution in [0.25, 0.3) is 0 Å². The number of nitrogens with two attached hydrogens (primary N) is 1. The molecule has 0 aromatic heterocycles. The predicted octanol–water partition coefficient (Wildman–Crippen LogP) is 1.71. The number of aryl methyl sites for hydroxylation is 1. The standard InChI is InChI=1S/C17H27N3OS/c1-12-5-4-6-16(14(12)3)17(21)20-8-7-19(13(2)9-20)10-15(18)11-22/h4-6,13,15,22H,7-11,18H2,1-3H3/t13-,15+/m0/s1. The van der Waals surface area contributed by atoms with E-state index in [-0.39, 0.29) is 11.9 Å². The van der Waals surface area contributed by atoms with Crippen molar-refractivity contribution in [1.29, 1.82) is 0 Å². The molecular formula is C17H27N3OS. The molecule has 22 heavy (non-hydrogen) atoms. The molecule has 122 valence electrons. The van der Waals surface area contributed by atoms with Crippen molar-refractivity contribution < 1.29 is 4.79 Å². The van der Waals surface area contributed by atoms with Gasteiger partial charge in [-0.1, -0.05) is 12.1 Å². The number of hydrogen-bond donors (Lipinski definition) is 2. The monoisotopic (exact) mass is 321 g/mol. The summed E-state index contributed by atoms with van der Waals surface area (Å²) in [5, 5.41) is 0. The highest BCUT2D eigenvalue weighted by Crippen LogP contribution is 2.18. The van der Waals surface area contributed by atoms with Gasteiger partial charge in [0.05, 0.1) is 0 Å². The Bertz CT molecular complexity index is 535. The van der Waals surface area contributed by atoms with Gasteiger partial charge < -0.3 is 10.6 Å². The van der Waals surface area contributed by atoms with Gasteiger partial charge in [0.2, 0.25) is 0 Å². The lowest BCUT2D eigenvalue weighted by molar-refractivity contribution is 0.0505. The fourth-order valence-electron chi connectivity index (χ4n) is 2.96. The molecule has 1 aliphatic rings. The van der Waals surface area contributed by atoms with Crippen LogP contribution in [0, 0.1) is 13.8 Å². The molecule has 0 saturated carbocycles. The second kappa shape index (κ2) is 7.49. The van der Waals surface area contributed by atoms with Crippen LogP contribution in [0.15, 0.2) is 18.2 Å². The summed E-state index contributed by atoms with van der Waals surface area (Å²) >= 11 is 4.25. The van der Waals surface area contributed by atoms with E-state index in [4.69, 9.17) is 5.73 Å². The number of hydrogen-bond acceptors (Lipinski definition) is 4. The average Bonchev–Trinajstić information content (AvgIpc) is 2.51. The number of nitrogens with zero attached hydrogens (tertiary/aromatic N) is 2. The maximum Gasteiger partial charge on any atom is 0.254 e. The van der Waals surface area contributed by atoms with E-state index < -0.39 is 0 Å². The Kier molecular flexibility index (Phi) is 5.89. The molecule has 1 aromatic rings. The summed E-state index contributed by atoms with van der Waals surface area (Å²) in [5.74, 6) is 0.833. The van der Waals surface area contributed by atoms with Gasteiger partial charge in [-0.25, -0.2) is 0 Å². The summed E-state index contributed by atoms with van der Waals surface area (Å²) in [7, 11) is 0. The molecule has 0 bridgehead atoms. The van der Waals surface area contributed by atoms with Crippen molar-refractivity contribution in [1.82, 2.24) is 9.80 Å². The quantitative estimate of drug-likeness (QED) is 0.830. The zero-order valence-corrected chi connectivity index (χ0v) is 14.6. The highest BCUT2D eigenvalue weighted by Gasteiger charge is 2.28. The van der Waals surface area contributed by atoms with Crippen LogP contribution in [0.2, 0.25) is 0 Å². The Morgan fingerprint density at radius 2 is 2.14 bits per heavy atom. The zero-order chi connectivity index (χ0) is 16.3. The van der Waals surface area contributed by atoms with Crippen LogP contribution in [0.5, 0.6) is 0 Å². The molecular weight excluding hydrogens is 294 g/mol. The van der Waals surface area contributed by atoms with Crippen molar-refractivity contribution in [2.45, 2.75) is 32.9 Å². The van der Waals surface area contributed by atoms with Crippen molar-refractivity contribution in [3.05, 3.63) is 34.9 Å². The van der Waals surface area contributed by atoms with Gasteiger partial charge in [0.1, 0.15) is 0 Å². The first-order chi connectivity index (χ1) is 10.4. The summed E-state index contributed by atoms with van der Waals surface area (Å²) < 4.78 is 0. The van der Waals surface area contributed by atoms with Crippen LogP contribution >= 0.6 is 12.6 Å². The molecule has 0 unspecified atom stereocenters. The van der Waals surface area contributed by atoms with Crippen LogP contribution in [0.1, 0.15) is 28.4 Å². The second-order valence-electron chi connectivity index (χ2n) is 6.29. The van der Waals surface area contributed by atoms with Crippen molar-refractivity contribution >= 4 is 18.5 Å². The van der Waals surface area contributed by atoms with Crippen LogP contribution in [0.4, 0.5) is 0 Å². The number of carbonyl (C=O) groups excluding carboxylic acids is 1. The number of rotatable bonds is 4. The van der Waals surface area contributed by atoms with E-state index in [0.29, 0.717) is 11.8 Å². The maximum absolute atomic E-state index is 12.8. The van der Waals surface area contributed by atoms with E-state index in [1.807, 2.05) is 36.9 Å². The van der Waals surface area contributed by atoms with Gasteiger partial charge >= 0.3 is 0 Å². The molecule has 1 fully saturated rings. The first-order valence-corrected chi connectivity index (χ1v) is 8.53. The van der Waals surface area contributed by atoms with Crippen LogP contribution < -0.4 is 5.73 Å². The van der Waals surface area contributed by atoms with Gasteiger partial charge in [0.25, 0.3) is 5.91 Å². The summed E-state index contributed by atoms with van der Waals surface area (Å²) in [5.41, 5.74) is 9.06. The number of thiol groups is 1. The number of benzene rings is 1. The Hall–Kier alpha value is -1.04. The third-order valence-electron chi connectivity index (χ3n) is 4.59. The summed E-state index contributed by atoms with van der Waals surface area (Å²) in [6, 6.07) is 6.35. The molecule has 2 atom stereocenters. The van der Waals surface area contributed by atoms with E-state index >= 15 is 0 Å². The largest absolute Gasteiger partial charge is 0.336 e. The number of piperazine rings is 1. The molecule has 1 aliphatic heterocycles. The average molecular weight is 321 g/mol. The highest BCUT2D eigenvalue weighted by molar-refractivity contribution is 7.80. The van der Waals surface area contributed by atoms with Gasteiger partial charge in [0, 0.05) is 49.6 Å².